The molecule has 0 heterocycles. The van der Waals surface area contributed by atoms with Crippen LogP contribution in [0.25, 0.3) is 0 Å². The predicted molar refractivity (Wildman–Crippen MR) is 90.1 cm³/mol. The lowest BCUT2D eigenvalue weighted by molar-refractivity contribution is -0.153. The molecule has 2 rings (SSSR count). The first-order valence-corrected chi connectivity index (χ1v) is 7.76. The normalized spacial score (nSPS) is 13.0. The van der Waals surface area contributed by atoms with Crippen LogP contribution in [0.3, 0.4) is 0 Å². The summed E-state index contributed by atoms with van der Waals surface area (Å²) in [5.74, 6) is -1.40. The summed E-state index contributed by atoms with van der Waals surface area (Å²) >= 11 is 0. The van der Waals surface area contributed by atoms with Gasteiger partial charge < -0.3 is 10.1 Å². The highest BCUT2D eigenvalue weighted by Crippen LogP contribution is 2.19. The van der Waals surface area contributed by atoms with E-state index < -0.39 is 23.8 Å². The first-order chi connectivity index (χ1) is 11.5. The topological polar surface area (TPSA) is 55.4 Å². The molecule has 0 saturated carbocycles. The summed E-state index contributed by atoms with van der Waals surface area (Å²) in [6.45, 7) is 3.41. The lowest BCUT2D eigenvalue weighted by Crippen LogP contribution is -2.30. The van der Waals surface area contributed by atoms with Gasteiger partial charge in [0.05, 0.1) is 6.42 Å². The summed E-state index contributed by atoms with van der Waals surface area (Å²) in [6.07, 6.45) is -0.773. The van der Waals surface area contributed by atoms with Gasteiger partial charge in [-0.05, 0) is 36.6 Å². The van der Waals surface area contributed by atoms with E-state index in [1.807, 2.05) is 37.3 Å². The second-order valence-electron chi connectivity index (χ2n) is 5.65. The summed E-state index contributed by atoms with van der Waals surface area (Å²) < 4.78 is 18.3. The first-order valence-electron chi connectivity index (χ1n) is 7.76. The van der Waals surface area contributed by atoms with E-state index in [0.29, 0.717) is 5.69 Å². The Morgan fingerprint density at radius 3 is 2.46 bits per heavy atom. The Bertz CT molecular complexity index is 703. The van der Waals surface area contributed by atoms with Crippen LogP contribution < -0.4 is 5.32 Å². The van der Waals surface area contributed by atoms with Crippen LogP contribution in [0.2, 0.25) is 0 Å². The number of hydrogen-bond donors (Lipinski definition) is 1. The van der Waals surface area contributed by atoms with Crippen molar-refractivity contribution in [3.05, 3.63) is 66.0 Å². The molecule has 0 aliphatic heterocycles. The number of amides is 1. The van der Waals surface area contributed by atoms with Crippen molar-refractivity contribution in [2.75, 3.05) is 5.32 Å². The molecule has 0 unspecified atom stereocenters. The maximum Gasteiger partial charge on any atom is 0.307 e. The van der Waals surface area contributed by atoms with Crippen LogP contribution in [0.15, 0.2) is 54.6 Å². The van der Waals surface area contributed by atoms with Gasteiger partial charge in [0.2, 0.25) is 0 Å². The van der Waals surface area contributed by atoms with E-state index >= 15 is 0 Å². The molecule has 0 aliphatic rings. The molecule has 0 radical (unpaired) electrons. The summed E-state index contributed by atoms with van der Waals surface area (Å²) in [5, 5.41) is 2.52. The molecule has 0 saturated heterocycles. The highest BCUT2D eigenvalue weighted by Gasteiger charge is 2.20. The number of carbonyl (C=O) groups is 2. The summed E-state index contributed by atoms with van der Waals surface area (Å²) in [7, 11) is 0. The number of carbonyl (C=O) groups excluding carboxylic acids is 2. The van der Waals surface area contributed by atoms with Gasteiger partial charge in [-0.25, -0.2) is 4.39 Å². The molecule has 4 nitrogen and oxygen atoms in total. The SMILES string of the molecule is C[C@H](OC(=O)C[C@H](C)c1ccccc1)C(=O)Nc1cccc(F)c1. The molecule has 2 atom stereocenters. The monoisotopic (exact) mass is 329 g/mol. The van der Waals surface area contributed by atoms with Gasteiger partial charge in [0.1, 0.15) is 5.82 Å². The molecule has 0 aromatic heterocycles. The molecule has 1 amide bonds. The molecule has 0 fully saturated rings. The van der Waals surface area contributed by atoms with Gasteiger partial charge in [0.25, 0.3) is 5.91 Å². The van der Waals surface area contributed by atoms with Gasteiger partial charge in [-0.15, -0.1) is 0 Å². The van der Waals surface area contributed by atoms with Gasteiger partial charge in [-0.1, -0.05) is 43.3 Å². The minimum absolute atomic E-state index is 0.00261. The third kappa shape index (κ3) is 5.19. The van der Waals surface area contributed by atoms with E-state index in [1.54, 1.807) is 6.07 Å². The van der Waals surface area contributed by atoms with Gasteiger partial charge in [-0.2, -0.15) is 0 Å². The molecule has 2 aromatic carbocycles. The molecule has 126 valence electrons. The highest BCUT2D eigenvalue weighted by molar-refractivity contribution is 5.95. The summed E-state index contributed by atoms with van der Waals surface area (Å²) in [6, 6.07) is 15.1. The van der Waals surface area contributed by atoms with E-state index in [4.69, 9.17) is 4.74 Å². The number of benzene rings is 2. The second kappa shape index (κ2) is 8.24. The van der Waals surface area contributed by atoms with Crippen molar-refractivity contribution in [2.24, 2.45) is 0 Å². The highest BCUT2D eigenvalue weighted by atomic mass is 19.1. The summed E-state index contributed by atoms with van der Waals surface area (Å²) in [5.41, 5.74) is 1.35. The fourth-order valence-corrected chi connectivity index (χ4v) is 2.26. The number of hydrogen-bond acceptors (Lipinski definition) is 3. The first kappa shape index (κ1) is 17.7. The Morgan fingerprint density at radius 1 is 1.08 bits per heavy atom. The van der Waals surface area contributed by atoms with Crippen molar-refractivity contribution in [2.45, 2.75) is 32.3 Å². The van der Waals surface area contributed by atoms with Gasteiger partial charge in [0, 0.05) is 5.69 Å². The van der Waals surface area contributed by atoms with Crippen molar-refractivity contribution < 1.29 is 18.7 Å². The van der Waals surface area contributed by atoms with Crippen LogP contribution in [0.5, 0.6) is 0 Å². The zero-order chi connectivity index (χ0) is 17.5. The minimum Gasteiger partial charge on any atom is -0.453 e. The van der Waals surface area contributed by atoms with Crippen molar-refractivity contribution >= 4 is 17.6 Å². The fraction of sp³-hybridized carbons (Fsp3) is 0.263. The molecular weight excluding hydrogens is 309 g/mol. The number of halogens is 1. The molecular formula is C19H20FNO3. The molecule has 0 bridgehead atoms. The Balaban J connectivity index is 1.85. The number of nitrogens with one attached hydrogen (secondary N) is 1. The smallest absolute Gasteiger partial charge is 0.307 e. The lowest BCUT2D eigenvalue weighted by Gasteiger charge is -2.16. The van der Waals surface area contributed by atoms with Crippen LogP contribution in [-0.2, 0) is 14.3 Å². The number of esters is 1. The average Bonchev–Trinajstić information content (AvgIpc) is 2.55. The largest absolute Gasteiger partial charge is 0.453 e. The van der Waals surface area contributed by atoms with Gasteiger partial charge in [0.15, 0.2) is 6.10 Å². The maximum absolute atomic E-state index is 13.1. The predicted octanol–water partition coefficient (Wildman–Crippen LogP) is 3.89. The Kier molecular flexibility index (Phi) is 6.07. The average molecular weight is 329 g/mol. The van der Waals surface area contributed by atoms with Crippen LogP contribution in [0.1, 0.15) is 31.7 Å². The quantitative estimate of drug-likeness (QED) is 0.818. The second-order valence-corrected chi connectivity index (χ2v) is 5.65. The van der Waals surface area contributed by atoms with Crippen LogP contribution in [0, 0.1) is 5.82 Å². The Labute approximate surface area is 140 Å². The van der Waals surface area contributed by atoms with Crippen LogP contribution in [-0.4, -0.2) is 18.0 Å². The van der Waals surface area contributed by atoms with Gasteiger partial charge in [-0.3, -0.25) is 9.59 Å². The molecule has 24 heavy (non-hydrogen) atoms. The molecule has 2 aromatic rings. The standard InChI is InChI=1S/C19H20FNO3/c1-13(15-7-4-3-5-8-15)11-18(22)24-14(2)19(23)21-17-10-6-9-16(20)12-17/h3-10,12-14H,11H2,1-2H3,(H,21,23)/t13-,14-/m0/s1. The van der Waals surface area contributed by atoms with Crippen LogP contribution in [0.4, 0.5) is 10.1 Å². The van der Waals surface area contributed by atoms with Crippen molar-refractivity contribution in [1.82, 2.24) is 0 Å². The van der Waals surface area contributed by atoms with Crippen molar-refractivity contribution in [1.29, 1.82) is 0 Å². The van der Waals surface area contributed by atoms with Crippen molar-refractivity contribution in [3.63, 3.8) is 0 Å². The molecule has 5 heteroatoms. The number of anilines is 1. The number of rotatable bonds is 6. The zero-order valence-electron chi connectivity index (χ0n) is 13.7. The maximum atomic E-state index is 13.1. The fourth-order valence-electron chi connectivity index (χ4n) is 2.26. The van der Waals surface area contributed by atoms with E-state index in [0.717, 1.165) is 5.56 Å². The minimum atomic E-state index is -0.955. The Hall–Kier alpha value is -2.69. The summed E-state index contributed by atoms with van der Waals surface area (Å²) in [4.78, 5) is 24.0. The lowest BCUT2D eigenvalue weighted by atomic mass is 9.98. The molecule has 0 spiro atoms. The zero-order valence-corrected chi connectivity index (χ0v) is 13.7. The van der Waals surface area contributed by atoms with Crippen molar-refractivity contribution in [3.8, 4) is 0 Å². The van der Waals surface area contributed by atoms with E-state index in [-0.39, 0.29) is 12.3 Å². The third-order valence-corrected chi connectivity index (χ3v) is 3.61. The third-order valence-electron chi connectivity index (χ3n) is 3.61. The van der Waals surface area contributed by atoms with Crippen LogP contribution >= 0.6 is 0 Å². The molecule has 0 aliphatic carbocycles. The van der Waals surface area contributed by atoms with E-state index in [1.165, 1.54) is 25.1 Å². The van der Waals surface area contributed by atoms with E-state index in [9.17, 15) is 14.0 Å². The van der Waals surface area contributed by atoms with Gasteiger partial charge >= 0.3 is 5.97 Å². The Morgan fingerprint density at radius 2 is 1.79 bits per heavy atom. The number of ether oxygens (including phenoxy) is 1. The van der Waals surface area contributed by atoms with E-state index in [2.05, 4.69) is 5.32 Å². The molecule has 1 N–H and O–H groups in total.